The number of benzene rings is 2. The topological polar surface area (TPSA) is 110 Å². The summed E-state index contributed by atoms with van der Waals surface area (Å²) in [5.74, 6) is -0.414. The zero-order valence-corrected chi connectivity index (χ0v) is 30.7. The Labute approximate surface area is 308 Å². The van der Waals surface area contributed by atoms with E-state index in [9.17, 15) is 14.0 Å². The fourth-order valence-corrected chi connectivity index (χ4v) is 8.64. The lowest BCUT2D eigenvalue weighted by atomic mass is 9.73. The normalized spacial score (nSPS) is 18.9. The Bertz CT molecular complexity index is 2120. The average Bonchev–Trinajstić information content (AvgIpc) is 3.88. The maximum Gasteiger partial charge on any atom is 0.410 e. The van der Waals surface area contributed by atoms with Crippen LogP contribution in [0.25, 0.3) is 22.0 Å². The number of imidazole rings is 1. The average molecular weight is 752 g/mol. The zero-order valence-electron chi connectivity index (χ0n) is 28.4. The molecule has 0 bridgehead atoms. The Hall–Kier alpha value is -4.20. The molecule has 15 heteroatoms. The summed E-state index contributed by atoms with van der Waals surface area (Å²) in [6.45, 7) is 9.02. The van der Waals surface area contributed by atoms with E-state index in [0.29, 0.717) is 49.6 Å². The lowest BCUT2D eigenvalue weighted by Gasteiger charge is -2.55. The van der Waals surface area contributed by atoms with Crippen LogP contribution < -0.4 is 10.2 Å². The minimum Gasteiger partial charge on any atom is -0.444 e. The number of aromatic nitrogens is 5. The molecule has 2 fully saturated rings. The summed E-state index contributed by atoms with van der Waals surface area (Å²) in [5, 5.41) is 11.2. The standard InChI is InChI=1S/C36H37Cl2FN8O3S/c1-35(2,3)50-34(49)44-11-4-9-36(17-44)18-46(19-36)23-7-5-21(6-8-23)24-14-26(37)25-16-47(43-29(25)28(24)38)31(32(48)42-33-40-10-12-51-33)30-27-13-22(39)15-45(27)20-41-30/h5-8,10,12,14,16,20,22,31H,4,9,11,13,15,17-19H2,1-3H3,(H,40,42,48)/t22-,31?/m1/s1. The maximum atomic E-state index is 14.4. The zero-order chi connectivity index (χ0) is 35.7. The first-order valence-electron chi connectivity index (χ1n) is 16.9. The molecule has 0 saturated carbocycles. The molecule has 11 nitrogen and oxygen atoms in total. The van der Waals surface area contributed by atoms with Crippen LogP contribution in [0.1, 0.15) is 51.0 Å². The number of thiazole rings is 1. The van der Waals surface area contributed by atoms with E-state index in [1.807, 2.05) is 43.9 Å². The van der Waals surface area contributed by atoms with Crippen molar-refractivity contribution >= 4 is 68.3 Å². The van der Waals surface area contributed by atoms with Crippen molar-refractivity contribution in [3.05, 3.63) is 75.9 Å². The molecule has 2 amide bonds. The van der Waals surface area contributed by atoms with Crippen LogP contribution in [0.4, 0.5) is 20.0 Å². The van der Waals surface area contributed by atoms with Crippen molar-refractivity contribution in [3.8, 4) is 11.1 Å². The molecular weight excluding hydrogens is 714 g/mol. The number of nitrogens with one attached hydrogen (secondary N) is 1. The highest BCUT2D eigenvalue weighted by Gasteiger charge is 2.47. The first-order valence-corrected chi connectivity index (χ1v) is 18.6. The Balaban J connectivity index is 1.04. The lowest BCUT2D eigenvalue weighted by molar-refractivity contribution is -0.118. The molecule has 6 heterocycles. The number of carbonyl (C=O) groups excluding carboxylic acids is 2. The highest BCUT2D eigenvalue weighted by Crippen LogP contribution is 2.43. The van der Waals surface area contributed by atoms with Crippen molar-refractivity contribution in [2.24, 2.45) is 5.41 Å². The van der Waals surface area contributed by atoms with E-state index in [1.165, 1.54) is 16.0 Å². The summed E-state index contributed by atoms with van der Waals surface area (Å²) in [6, 6.07) is 8.96. The molecule has 3 aromatic heterocycles. The second kappa shape index (κ2) is 12.8. The number of carbonyl (C=O) groups is 2. The van der Waals surface area contributed by atoms with Gasteiger partial charge in [-0.05, 0) is 57.4 Å². The smallest absolute Gasteiger partial charge is 0.410 e. The SMILES string of the molecule is CC(C)(C)OC(=O)N1CCCC2(C1)CN(c1ccc(-c3cc(Cl)c4cn(C(C(=O)Nc5nccs5)c5ncn6c5C[C@@H](F)C6)nc4c3Cl)cc1)C2. The number of anilines is 2. The summed E-state index contributed by atoms with van der Waals surface area (Å²) in [4.78, 5) is 39.5. The van der Waals surface area contributed by atoms with Crippen LogP contribution in [0.2, 0.25) is 10.0 Å². The number of rotatable bonds is 6. The van der Waals surface area contributed by atoms with Crippen LogP contribution in [0.5, 0.6) is 0 Å². The van der Waals surface area contributed by atoms with Crippen LogP contribution in [-0.4, -0.2) is 79.2 Å². The van der Waals surface area contributed by atoms with Crippen molar-refractivity contribution in [2.45, 2.75) is 64.4 Å². The first kappa shape index (κ1) is 33.9. The molecule has 2 aromatic carbocycles. The Morgan fingerprint density at radius 1 is 1.14 bits per heavy atom. The fourth-order valence-electron chi connectivity index (χ4n) is 7.56. The highest BCUT2D eigenvalue weighted by atomic mass is 35.5. The van der Waals surface area contributed by atoms with Crippen LogP contribution in [-0.2, 0) is 22.5 Å². The molecule has 3 aliphatic rings. The van der Waals surface area contributed by atoms with Gasteiger partial charge in [-0.25, -0.2) is 19.2 Å². The molecule has 5 aromatic rings. The Kier molecular flexibility index (Phi) is 8.50. The summed E-state index contributed by atoms with van der Waals surface area (Å²) in [7, 11) is 0. The first-order chi connectivity index (χ1) is 24.4. The number of hydrogen-bond donors (Lipinski definition) is 1. The summed E-state index contributed by atoms with van der Waals surface area (Å²) in [5.41, 5.74) is 3.71. The van der Waals surface area contributed by atoms with Crippen LogP contribution in [0, 0.1) is 5.41 Å². The maximum absolute atomic E-state index is 14.4. The molecule has 266 valence electrons. The predicted octanol–water partition coefficient (Wildman–Crippen LogP) is 7.62. The molecule has 1 unspecified atom stereocenters. The van der Waals surface area contributed by atoms with Gasteiger partial charge in [0.25, 0.3) is 5.91 Å². The van der Waals surface area contributed by atoms with E-state index in [-0.39, 0.29) is 24.5 Å². The van der Waals surface area contributed by atoms with Crippen molar-refractivity contribution in [1.29, 1.82) is 0 Å². The third-order valence-electron chi connectivity index (χ3n) is 9.84. The van der Waals surface area contributed by atoms with Crippen molar-refractivity contribution < 1.29 is 18.7 Å². The Morgan fingerprint density at radius 2 is 1.92 bits per heavy atom. The molecule has 0 aliphatic carbocycles. The fraction of sp³-hybridized carbons (Fsp3) is 0.417. The van der Waals surface area contributed by atoms with Gasteiger partial charge in [-0.15, -0.1) is 11.3 Å². The lowest BCUT2D eigenvalue weighted by Crippen LogP contribution is -2.64. The number of nitrogens with zero attached hydrogens (tertiary/aromatic N) is 7. The van der Waals surface area contributed by atoms with Gasteiger partial charge >= 0.3 is 6.09 Å². The second-order valence-electron chi connectivity index (χ2n) is 14.8. The molecule has 2 saturated heterocycles. The molecule has 0 radical (unpaired) electrons. The molecule has 8 rings (SSSR count). The number of fused-ring (bicyclic) bond motifs is 2. The van der Waals surface area contributed by atoms with Crippen LogP contribution in [0.3, 0.4) is 0 Å². The van der Waals surface area contributed by atoms with Crippen LogP contribution >= 0.6 is 34.5 Å². The largest absolute Gasteiger partial charge is 0.444 e. The van der Waals surface area contributed by atoms with Gasteiger partial charge in [0.1, 0.15) is 17.3 Å². The third kappa shape index (κ3) is 6.44. The molecule has 1 N–H and O–H groups in total. The van der Waals surface area contributed by atoms with Gasteiger partial charge in [-0.1, -0.05) is 35.3 Å². The molecule has 2 atom stereocenters. The van der Waals surface area contributed by atoms with Crippen molar-refractivity contribution in [3.63, 3.8) is 0 Å². The minimum absolute atomic E-state index is 0.0633. The quantitative estimate of drug-likeness (QED) is 0.190. The number of likely N-dealkylation sites (tertiary alicyclic amines) is 1. The number of halogens is 3. The summed E-state index contributed by atoms with van der Waals surface area (Å²) in [6.07, 6.45) is 5.75. The van der Waals surface area contributed by atoms with E-state index < -0.39 is 23.7 Å². The number of hydrogen-bond acceptors (Lipinski definition) is 8. The second-order valence-corrected chi connectivity index (χ2v) is 16.4. The monoisotopic (exact) mass is 750 g/mol. The summed E-state index contributed by atoms with van der Waals surface area (Å²) < 4.78 is 23.3. The minimum atomic E-state index is -1.05. The molecule has 3 aliphatic heterocycles. The van der Waals surface area contributed by atoms with E-state index in [1.54, 1.807) is 28.7 Å². The van der Waals surface area contributed by atoms with Gasteiger partial charge in [0.15, 0.2) is 11.2 Å². The van der Waals surface area contributed by atoms with E-state index in [2.05, 4.69) is 32.3 Å². The Morgan fingerprint density at radius 3 is 2.65 bits per heavy atom. The third-order valence-corrected chi connectivity index (χ3v) is 11.2. The van der Waals surface area contributed by atoms with Crippen molar-refractivity contribution in [2.75, 3.05) is 36.4 Å². The number of ether oxygens (including phenoxy) is 1. The van der Waals surface area contributed by atoms with Crippen LogP contribution in [0.15, 0.2) is 54.4 Å². The van der Waals surface area contributed by atoms with Gasteiger partial charge in [0.05, 0.1) is 28.6 Å². The predicted molar refractivity (Wildman–Crippen MR) is 197 cm³/mol. The van der Waals surface area contributed by atoms with Gasteiger partial charge in [0.2, 0.25) is 0 Å². The van der Waals surface area contributed by atoms with Crippen molar-refractivity contribution in [1.82, 2.24) is 29.2 Å². The summed E-state index contributed by atoms with van der Waals surface area (Å²) >= 11 is 15.2. The van der Waals surface area contributed by atoms with E-state index in [4.69, 9.17) is 33.0 Å². The van der Waals surface area contributed by atoms with E-state index in [0.717, 1.165) is 43.7 Å². The van der Waals surface area contributed by atoms with E-state index >= 15 is 0 Å². The number of alkyl halides is 1. The molecular formula is C36H37Cl2FN8O3S. The van der Waals surface area contributed by atoms with Gasteiger partial charge in [-0.2, -0.15) is 5.10 Å². The number of piperidine rings is 1. The van der Waals surface area contributed by atoms with Gasteiger partial charge in [-0.3, -0.25) is 14.8 Å². The molecule has 51 heavy (non-hydrogen) atoms. The molecule has 1 spiro atoms. The van der Waals surface area contributed by atoms with Gasteiger partial charge < -0.3 is 19.1 Å². The highest BCUT2D eigenvalue weighted by molar-refractivity contribution is 7.13. The van der Waals surface area contributed by atoms with Gasteiger partial charge in [0, 0.05) is 78.1 Å². The number of amides is 2.